The van der Waals surface area contributed by atoms with Crippen LogP contribution < -0.4 is 0 Å². The van der Waals surface area contributed by atoms with E-state index in [1.165, 1.54) is 167 Å². The molecule has 1 aliphatic heterocycles. The summed E-state index contributed by atoms with van der Waals surface area (Å²) >= 11 is 0. The lowest BCUT2D eigenvalue weighted by molar-refractivity contribution is -0.305. The highest BCUT2D eigenvalue weighted by molar-refractivity contribution is 5.70. The zero-order valence-corrected chi connectivity index (χ0v) is 40.1. The van der Waals surface area contributed by atoms with Gasteiger partial charge in [0.1, 0.15) is 31.0 Å². The fraction of sp³-hybridized carbons (Fsp3) is 0.923. The standard InChI is InChI=1S/C52H98O10/c1-3-5-7-9-11-13-15-17-19-20-21-22-23-24-25-26-27-29-30-32-34-36-38-40-47(54)59-43-45(44-60-52-51(58)50(57)49(56)46(42-53)62-52)61-48(55)41-39-37-35-33-31-28-18-16-14-12-10-8-6-4-2/h16,18,45-46,49-53,56-58H,3-15,17,19-44H2,1-2H3/b18-16+/t45-,46-,49+,50?,51?,52-/m0/s1. The average Bonchev–Trinajstić information content (AvgIpc) is 3.27. The molecule has 0 amide bonds. The molecule has 366 valence electrons. The van der Waals surface area contributed by atoms with Gasteiger partial charge in [0.05, 0.1) is 13.2 Å². The molecule has 0 radical (unpaired) electrons. The molecular weight excluding hydrogens is 785 g/mol. The van der Waals surface area contributed by atoms with Gasteiger partial charge in [-0.2, -0.15) is 0 Å². The minimum absolute atomic E-state index is 0.215. The summed E-state index contributed by atoms with van der Waals surface area (Å²) in [5.41, 5.74) is 0. The number of rotatable bonds is 45. The SMILES string of the molecule is CCCCCCC/C=C/CCCCCCCC(=O)O[C@@H](COC(=O)CCCCCCCCCCCCCCCCCCCCCCCCC)CO[C@H]1O[C@@H](CO)[C@@H](O)C(O)C1O. The normalized spacial score (nSPS) is 19.6. The molecule has 1 heterocycles. The average molecular weight is 883 g/mol. The molecule has 0 aromatic heterocycles. The van der Waals surface area contributed by atoms with Crippen LogP contribution in [0, 0.1) is 0 Å². The number of esters is 2. The zero-order valence-electron chi connectivity index (χ0n) is 40.1. The van der Waals surface area contributed by atoms with Crippen LogP contribution in [0.1, 0.15) is 251 Å². The summed E-state index contributed by atoms with van der Waals surface area (Å²) in [4.78, 5) is 25.4. The Labute approximate surface area is 380 Å². The number of unbranched alkanes of at least 4 members (excludes halogenated alkanes) is 32. The van der Waals surface area contributed by atoms with E-state index in [-0.39, 0.29) is 32.0 Å². The van der Waals surface area contributed by atoms with Crippen LogP contribution in [-0.4, -0.2) is 89.0 Å². The van der Waals surface area contributed by atoms with E-state index in [1.807, 2.05) is 0 Å². The molecule has 10 heteroatoms. The quantitative estimate of drug-likeness (QED) is 0.0264. The molecule has 1 rings (SSSR count). The number of hydrogen-bond acceptors (Lipinski definition) is 10. The molecule has 0 spiro atoms. The first-order chi connectivity index (χ1) is 30.3. The summed E-state index contributed by atoms with van der Waals surface area (Å²) in [7, 11) is 0. The molecule has 1 aliphatic rings. The van der Waals surface area contributed by atoms with Crippen molar-refractivity contribution >= 4 is 11.9 Å². The molecule has 0 saturated carbocycles. The van der Waals surface area contributed by atoms with Crippen molar-refractivity contribution in [3.63, 3.8) is 0 Å². The van der Waals surface area contributed by atoms with Crippen LogP contribution in [0.4, 0.5) is 0 Å². The lowest BCUT2D eigenvalue weighted by Gasteiger charge is -2.39. The molecular formula is C52H98O10. The lowest BCUT2D eigenvalue weighted by atomic mass is 9.99. The van der Waals surface area contributed by atoms with Crippen LogP contribution in [0.5, 0.6) is 0 Å². The molecule has 1 fully saturated rings. The van der Waals surface area contributed by atoms with Gasteiger partial charge in [-0.05, 0) is 38.5 Å². The molecule has 0 bridgehead atoms. The van der Waals surface area contributed by atoms with Gasteiger partial charge in [0.25, 0.3) is 0 Å². The third-order valence-electron chi connectivity index (χ3n) is 12.4. The summed E-state index contributed by atoms with van der Waals surface area (Å²) in [5, 5.41) is 40.2. The molecule has 0 aliphatic carbocycles. The van der Waals surface area contributed by atoms with Gasteiger partial charge in [-0.3, -0.25) is 9.59 Å². The second-order valence-corrected chi connectivity index (χ2v) is 18.3. The number of hydrogen-bond donors (Lipinski definition) is 4. The highest BCUT2D eigenvalue weighted by Gasteiger charge is 2.44. The van der Waals surface area contributed by atoms with Crippen LogP contribution in [0.3, 0.4) is 0 Å². The van der Waals surface area contributed by atoms with Gasteiger partial charge >= 0.3 is 11.9 Å². The third-order valence-corrected chi connectivity index (χ3v) is 12.4. The summed E-state index contributed by atoms with van der Waals surface area (Å²) in [5.74, 6) is -0.802. The van der Waals surface area contributed by atoms with Crippen LogP contribution >= 0.6 is 0 Å². The van der Waals surface area contributed by atoms with E-state index in [4.69, 9.17) is 18.9 Å². The predicted octanol–water partition coefficient (Wildman–Crippen LogP) is 12.3. The van der Waals surface area contributed by atoms with E-state index < -0.39 is 49.4 Å². The van der Waals surface area contributed by atoms with Gasteiger partial charge in [-0.15, -0.1) is 0 Å². The largest absolute Gasteiger partial charge is 0.462 e. The maximum atomic E-state index is 12.8. The fourth-order valence-corrected chi connectivity index (χ4v) is 8.24. The monoisotopic (exact) mass is 883 g/mol. The highest BCUT2D eigenvalue weighted by Crippen LogP contribution is 2.23. The summed E-state index contributed by atoms with van der Waals surface area (Å²) < 4.78 is 22.2. The molecule has 4 N–H and O–H groups in total. The van der Waals surface area contributed by atoms with Crippen molar-refractivity contribution in [2.45, 2.75) is 288 Å². The number of carbonyl (C=O) groups is 2. The van der Waals surface area contributed by atoms with Crippen LogP contribution in [0.25, 0.3) is 0 Å². The first-order valence-corrected chi connectivity index (χ1v) is 26.3. The number of aliphatic hydroxyl groups is 4. The molecule has 0 aromatic carbocycles. The number of ether oxygens (including phenoxy) is 4. The van der Waals surface area contributed by atoms with Gasteiger partial charge in [0, 0.05) is 12.8 Å². The molecule has 62 heavy (non-hydrogen) atoms. The maximum Gasteiger partial charge on any atom is 0.306 e. The topological polar surface area (TPSA) is 152 Å². The first-order valence-electron chi connectivity index (χ1n) is 26.3. The van der Waals surface area contributed by atoms with Gasteiger partial charge in [-0.25, -0.2) is 0 Å². The molecule has 1 saturated heterocycles. The second-order valence-electron chi connectivity index (χ2n) is 18.3. The predicted molar refractivity (Wildman–Crippen MR) is 252 cm³/mol. The molecule has 10 nitrogen and oxygen atoms in total. The summed E-state index contributed by atoms with van der Waals surface area (Å²) in [6.45, 7) is 3.45. The molecule has 2 unspecified atom stereocenters. The van der Waals surface area contributed by atoms with E-state index in [2.05, 4.69) is 26.0 Å². The van der Waals surface area contributed by atoms with E-state index in [0.29, 0.717) is 6.42 Å². The van der Waals surface area contributed by atoms with Crippen molar-refractivity contribution in [2.24, 2.45) is 0 Å². The molecule has 0 aromatic rings. The Hall–Kier alpha value is -1.56. The van der Waals surface area contributed by atoms with Gasteiger partial charge in [0.15, 0.2) is 12.4 Å². The van der Waals surface area contributed by atoms with Crippen LogP contribution in [0.15, 0.2) is 12.2 Å². The Kier molecular flexibility index (Phi) is 40.9. The Bertz CT molecular complexity index is 1020. The van der Waals surface area contributed by atoms with E-state index in [0.717, 1.165) is 51.4 Å². The van der Waals surface area contributed by atoms with Crippen molar-refractivity contribution in [1.82, 2.24) is 0 Å². The van der Waals surface area contributed by atoms with Crippen molar-refractivity contribution in [1.29, 1.82) is 0 Å². The summed E-state index contributed by atoms with van der Waals surface area (Å²) in [6.07, 6.45) is 40.9. The number of aliphatic hydroxyl groups excluding tert-OH is 4. The van der Waals surface area contributed by atoms with Crippen LogP contribution in [0.2, 0.25) is 0 Å². The van der Waals surface area contributed by atoms with Gasteiger partial charge in [-0.1, -0.05) is 212 Å². The Morgan fingerprint density at radius 3 is 1.26 bits per heavy atom. The van der Waals surface area contributed by atoms with Gasteiger partial charge in [0.2, 0.25) is 0 Å². The number of allylic oxidation sites excluding steroid dienone is 2. The smallest absolute Gasteiger partial charge is 0.306 e. The minimum atomic E-state index is -1.59. The maximum absolute atomic E-state index is 12.8. The zero-order chi connectivity index (χ0) is 45.1. The Balaban J connectivity index is 2.20. The number of carbonyl (C=O) groups excluding carboxylic acids is 2. The van der Waals surface area contributed by atoms with Crippen molar-refractivity contribution < 1.29 is 49.0 Å². The Morgan fingerprint density at radius 2 is 0.855 bits per heavy atom. The van der Waals surface area contributed by atoms with E-state index in [9.17, 15) is 30.0 Å². The van der Waals surface area contributed by atoms with E-state index >= 15 is 0 Å². The first kappa shape index (κ1) is 58.5. The van der Waals surface area contributed by atoms with E-state index in [1.54, 1.807) is 0 Å². The van der Waals surface area contributed by atoms with Crippen molar-refractivity contribution in [3.8, 4) is 0 Å². The van der Waals surface area contributed by atoms with Crippen molar-refractivity contribution in [3.05, 3.63) is 12.2 Å². The van der Waals surface area contributed by atoms with Gasteiger partial charge < -0.3 is 39.4 Å². The lowest BCUT2D eigenvalue weighted by Crippen LogP contribution is -2.59. The summed E-state index contributed by atoms with van der Waals surface area (Å²) in [6, 6.07) is 0. The Morgan fingerprint density at radius 1 is 0.484 bits per heavy atom. The fourth-order valence-electron chi connectivity index (χ4n) is 8.24. The van der Waals surface area contributed by atoms with Crippen LogP contribution in [-0.2, 0) is 28.5 Å². The molecule has 6 atom stereocenters. The minimum Gasteiger partial charge on any atom is -0.462 e. The highest BCUT2D eigenvalue weighted by atomic mass is 16.7. The third kappa shape index (κ3) is 33.9. The second kappa shape index (κ2) is 43.3. The van der Waals surface area contributed by atoms with Crippen molar-refractivity contribution in [2.75, 3.05) is 19.8 Å².